The van der Waals surface area contributed by atoms with Crippen LogP contribution in [-0.2, 0) is 16.8 Å². The largest absolute Gasteiger partial charge is 0.476 e. The predicted octanol–water partition coefficient (Wildman–Crippen LogP) is 4.51. The van der Waals surface area contributed by atoms with Crippen molar-refractivity contribution in [1.82, 2.24) is 0 Å². The quantitative estimate of drug-likeness (QED) is 0.756. The third-order valence-corrected chi connectivity index (χ3v) is 3.26. The highest BCUT2D eigenvalue weighted by atomic mass is 32.1. The van der Waals surface area contributed by atoms with Crippen LogP contribution in [0, 0.1) is 0 Å². The summed E-state index contributed by atoms with van der Waals surface area (Å²) in [6.07, 6.45) is 0.673. The van der Waals surface area contributed by atoms with Crippen molar-refractivity contribution in [2.75, 3.05) is 0 Å². The molecule has 0 radical (unpaired) electrons. The minimum absolute atomic E-state index is 0.396. The molecule has 0 N–H and O–H groups in total. The topological polar surface area (TPSA) is 9.23 Å². The highest BCUT2D eigenvalue weighted by molar-refractivity contribution is 7.80. The molecule has 0 fully saturated rings. The van der Waals surface area contributed by atoms with Gasteiger partial charge in [-0.1, -0.05) is 60.7 Å². The summed E-state index contributed by atoms with van der Waals surface area (Å²) >= 11 is 5.36. The predicted molar refractivity (Wildman–Crippen MR) is 83.3 cm³/mol. The summed E-state index contributed by atoms with van der Waals surface area (Å²) < 4.78 is 5.96. The molecule has 2 heteroatoms. The standard InChI is InChI=1S/C17H18OS/c1-17(2,15-11-7-4-8-12-15)18-16(19)13-14-9-5-3-6-10-14/h3-12H,13H2,1-2H3. The molecule has 0 saturated heterocycles. The van der Waals surface area contributed by atoms with E-state index < -0.39 is 5.60 Å². The summed E-state index contributed by atoms with van der Waals surface area (Å²) in [7, 11) is 0. The van der Waals surface area contributed by atoms with Gasteiger partial charge in [-0.3, -0.25) is 0 Å². The molecule has 98 valence electrons. The number of benzene rings is 2. The van der Waals surface area contributed by atoms with E-state index in [-0.39, 0.29) is 0 Å². The molecule has 0 unspecified atom stereocenters. The van der Waals surface area contributed by atoms with Gasteiger partial charge in [-0.2, -0.15) is 0 Å². The van der Waals surface area contributed by atoms with E-state index >= 15 is 0 Å². The minimum Gasteiger partial charge on any atom is -0.476 e. The average molecular weight is 270 g/mol. The van der Waals surface area contributed by atoms with E-state index in [0.717, 1.165) is 5.56 Å². The Bertz CT molecular complexity index is 532. The lowest BCUT2D eigenvalue weighted by Crippen LogP contribution is -2.25. The highest BCUT2D eigenvalue weighted by Crippen LogP contribution is 2.25. The van der Waals surface area contributed by atoms with Crippen molar-refractivity contribution in [2.24, 2.45) is 0 Å². The van der Waals surface area contributed by atoms with Crippen molar-refractivity contribution in [3.8, 4) is 0 Å². The Morgan fingerprint density at radius 3 is 2.05 bits per heavy atom. The smallest absolute Gasteiger partial charge is 0.165 e. The summed E-state index contributed by atoms with van der Waals surface area (Å²) in [6, 6.07) is 20.3. The van der Waals surface area contributed by atoms with E-state index in [1.165, 1.54) is 5.56 Å². The maximum absolute atomic E-state index is 5.96. The molecule has 0 aromatic heterocycles. The van der Waals surface area contributed by atoms with E-state index in [1.54, 1.807) is 0 Å². The van der Waals surface area contributed by atoms with Crippen LogP contribution in [0.25, 0.3) is 0 Å². The molecule has 2 rings (SSSR count). The molecule has 2 aromatic carbocycles. The maximum atomic E-state index is 5.96. The van der Waals surface area contributed by atoms with Gasteiger partial charge in [0, 0.05) is 6.42 Å². The summed E-state index contributed by atoms with van der Waals surface area (Å²) in [4.78, 5) is 0. The molecule has 2 aromatic rings. The molecule has 0 aliphatic rings. The van der Waals surface area contributed by atoms with E-state index in [1.807, 2.05) is 50.2 Å². The lowest BCUT2D eigenvalue weighted by molar-refractivity contribution is 0.0960. The average Bonchev–Trinajstić information content (AvgIpc) is 2.40. The van der Waals surface area contributed by atoms with Gasteiger partial charge in [-0.05, 0) is 37.2 Å². The van der Waals surface area contributed by atoms with Crippen LogP contribution in [0.5, 0.6) is 0 Å². The van der Waals surface area contributed by atoms with E-state index in [4.69, 9.17) is 17.0 Å². The molecule has 0 aliphatic carbocycles. The SMILES string of the molecule is CC(C)(OC(=S)Cc1ccccc1)c1ccccc1. The van der Waals surface area contributed by atoms with Crippen LogP contribution in [0.15, 0.2) is 60.7 Å². The molecular formula is C17H18OS. The van der Waals surface area contributed by atoms with Gasteiger partial charge in [0.15, 0.2) is 5.05 Å². The van der Waals surface area contributed by atoms with Gasteiger partial charge in [-0.15, -0.1) is 0 Å². The van der Waals surface area contributed by atoms with Gasteiger partial charge in [-0.25, -0.2) is 0 Å². The van der Waals surface area contributed by atoms with Gasteiger partial charge in [0.1, 0.15) is 5.60 Å². The second-order valence-corrected chi connectivity index (χ2v) is 5.47. The second kappa shape index (κ2) is 5.98. The van der Waals surface area contributed by atoms with Crippen LogP contribution < -0.4 is 0 Å². The normalized spacial score (nSPS) is 11.1. The van der Waals surface area contributed by atoms with Crippen molar-refractivity contribution in [2.45, 2.75) is 25.9 Å². The van der Waals surface area contributed by atoms with Crippen LogP contribution in [0.1, 0.15) is 25.0 Å². The summed E-state index contributed by atoms with van der Waals surface area (Å²) in [5.41, 5.74) is 1.91. The number of hydrogen-bond acceptors (Lipinski definition) is 2. The highest BCUT2D eigenvalue weighted by Gasteiger charge is 2.23. The van der Waals surface area contributed by atoms with Gasteiger partial charge in [0.05, 0.1) is 0 Å². The Balaban J connectivity index is 2.02. The monoisotopic (exact) mass is 270 g/mol. The first-order valence-electron chi connectivity index (χ1n) is 6.39. The number of rotatable bonds is 4. The molecule has 0 spiro atoms. The molecule has 19 heavy (non-hydrogen) atoms. The lowest BCUT2D eigenvalue weighted by Gasteiger charge is -2.27. The summed E-state index contributed by atoms with van der Waals surface area (Å²) in [5.74, 6) is 0. The first-order chi connectivity index (χ1) is 9.08. The van der Waals surface area contributed by atoms with Crippen LogP contribution in [0.4, 0.5) is 0 Å². The first-order valence-corrected chi connectivity index (χ1v) is 6.80. The minimum atomic E-state index is -0.396. The molecule has 0 bridgehead atoms. The molecular weight excluding hydrogens is 252 g/mol. The molecule has 0 aliphatic heterocycles. The van der Waals surface area contributed by atoms with E-state index in [9.17, 15) is 0 Å². The van der Waals surface area contributed by atoms with Crippen molar-refractivity contribution < 1.29 is 4.74 Å². The van der Waals surface area contributed by atoms with Crippen LogP contribution in [0.2, 0.25) is 0 Å². The van der Waals surface area contributed by atoms with Gasteiger partial charge < -0.3 is 4.74 Å². The van der Waals surface area contributed by atoms with Crippen molar-refractivity contribution in [3.05, 3.63) is 71.8 Å². The van der Waals surface area contributed by atoms with E-state index in [0.29, 0.717) is 11.5 Å². The summed E-state index contributed by atoms with van der Waals surface area (Å²) in [6.45, 7) is 4.08. The molecule has 1 nitrogen and oxygen atoms in total. The fourth-order valence-corrected chi connectivity index (χ4v) is 2.36. The second-order valence-electron chi connectivity index (χ2n) is 5.01. The van der Waals surface area contributed by atoms with Gasteiger partial charge in [0.25, 0.3) is 0 Å². The van der Waals surface area contributed by atoms with Crippen LogP contribution in [-0.4, -0.2) is 5.05 Å². The molecule has 0 saturated carbocycles. The maximum Gasteiger partial charge on any atom is 0.165 e. The Morgan fingerprint density at radius 2 is 1.47 bits per heavy atom. The Kier molecular flexibility index (Phi) is 4.33. The Labute approximate surface area is 120 Å². The third-order valence-electron chi connectivity index (χ3n) is 3.03. The number of ether oxygens (including phenoxy) is 1. The van der Waals surface area contributed by atoms with Crippen molar-refractivity contribution in [3.63, 3.8) is 0 Å². The van der Waals surface area contributed by atoms with Gasteiger partial charge in [0.2, 0.25) is 0 Å². The van der Waals surface area contributed by atoms with Crippen LogP contribution in [0.3, 0.4) is 0 Å². The zero-order valence-electron chi connectivity index (χ0n) is 11.3. The van der Waals surface area contributed by atoms with Crippen LogP contribution >= 0.6 is 12.2 Å². The van der Waals surface area contributed by atoms with Gasteiger partial charge >= 0.3 is 0 Å². The molecule has 0 amide bonds. The first kappa shape index (κ1) is 13.8. The fraction of sp³-hybridized carbons (Fsp3) is 0.235. The molecule has 0 heterocycles. The lowest BCUT2D eigenvalue weighted by atomic mass is 9.98. The third kappa shape index (κ3) is 3.90. The number of thiocarbonyl (C=S) groups is 1. The molecule has 0 atom stereocenters. The number of hydrogen-bond donors (Lipinski definition) is 0. The van der Waals surface area contributed by atoms with Crippen molar-refractivity contribution >= 4 is 17.3 Å². The fourth-order valence-electron chi connectivity index (χ4n) is 1.98. The zero-order valence-corrected chi connectivity index (χ0v) is 12.1. The Morgan fingerprint density at radius 1 is 0.947 bits per heavy atom. The zero-order chi connectivity index (χ0) is 13.7. The van der Waals surface area contributed by atoms with Crippen molar-refractivity contribution in [1.29, 1.82) is 0 Å². The summed E-state index contributed by atoms with van der Waals surface area (Å²) in [5, 5.41) is 0.625. The van der Waals surface area contributed by atoms with E-state index in [2.05, 4.69) is 24.3 Å². The Hall–Kier alpha value is -1.67.